The number of morpholine rings is 1. The van der Waals surface area contributed by atoms with E-state index in [1.54, 1.807) is 0 Å². The number of ether oxygens (including phenoxy) is 1. The van der Waals surface area contributed by atoms with Gasteiger partial charge in [-0.2, -0.15) is 0 Å². The molecule has 0 amide bonds. The predicted molar refractivity (Wildman–Crippen MR) is 98.5 cm³/mol. The van der Waals surface area contributed by atoms with Crippen LogP contribution in [0.15, 0.2) is 24.4 Å². The molecule has 2 heterocycles. The van der Waals surface area contributed by atoms with Crippen LogP contribution >= 0.6 is 0 Å². The second kappa shape index (κ2) is 7.26. The average molecular weight is 327 g/mol. The van der Waals surface area contributed by atoms with Crippen LogP contribution in [0.25, 0.3) is 10.9 Å². The van der Waals surface area contributed by atoms with Crippen molar-refractivity contribution in [3.05, 3.63) is 35.5 Å². The molecule has 2 aromatic rings. The minimum Gasteiger partial charge on any atom is -0.379 e. The molecule has 1 aromatic carbocycles. The second-order valence-corrected chi connectivity index (χ2v) is 7.35. The van der Waals surface area contributed by atoms with Crippen LogP contribution in [0.3, 0.4) is 0 Å². The third-order valence-electron chi connectivity index (χ3n) is 5.85. The lowest BCUT2D eigenvalue weighted by molar-refractivity contribution is 0.0526. The molecule has 3 N–H and O–H groups in total. The lowest BCUT2D eigenvalue weighted by atomic mass is 9.94. The maximum absolute atomic E-state index is 5.67. The molecule has 4 heteroatoms. The number of para-hydroxylation sites is 1. The van der Waals surface area contributed by atoms with Crippen LogP contribution < -0.4 is 10.6 Å². The van der Waals surface area contributed by atoms with E-state index in [0.717, 1.165) is 38.6 Å². The number of fused-ring (bicyclic) bond motifs is 1. The van der Waals surface area contributed by atoms with E-state index in [1.807, 2.05) is 0 Å². The van der Waals surface area contributed by atoms with E-state index in [2.05, 4.69) is 46.9 Å². The highest BCUT2D eigenvalue weighted by atomic mass is 16.5. The van der Waals surface area contributed by atoms with Crippen LogP contribution in [0.4, 0.5) is 0 Å². The van der Waals surface area contributed by atoms with Gasteiger partial charge < -0.3 is 20.4 Å². The minimum absolute atomic E-state index is 0.537. The van der Waals surface area contributed by atoms with Crippen LogP contribution in [0, 0.1) is 12.8 Å². The maximum Gasteiger partial charge on any atom is 0.0623 e. The van der Waals surface area contributed by atoms with Gasteiger partial charge in [0.1, 0.15) is 0 Å². The van der Waals surface area contributed by atoms with Gasteiger partial charge in [-0.3, -0.25) is 0 Å². The van der Waals surface area contributed by atoms with Crippen molar-refractivity contribution in [2.75, 3.05) is 26.3 Å². The first-order chi connectivity index (χ1) is 11.8. The second-order valence-electron chi connectivity index (χ2n) is 7.35. The Hall–Kier alpha value is -1.36. The van der Waals surface area contributed by atoms with Crippen molar-refractivity contribution in [3.63, 3.8) is 0 Å². The summed E-state index contributed by atoms with van der Waals surface area (Å²) in [7, 11) is 0. The van der Waals surface area contributed by atoms with Gasteiger partial charge in [0.05, 0.1) is 13.2 Å². The van der Waals surface area contributed by atoms with Gasteiger partial charge in [0, 0.05) is 35.7 Å². The first kappa shape index (κ1) is 16.1. The SMILES string of the molecule is Cc1cccc2c(CCNC3CCCC3C3COCCN3)c[nH]c12. The Kier molecular flexibility index (Phi) is 4.88. The largest absolute Gasteiger partial charge is 0.379 e. The number of aryl methyl sites for hydroxylation is 1. The van der Waals surface area contributed by atoms with Crippen LogP contribution in [0.1, 0.15) is 30.4 Å². The summed E-state index contributed by atoms with van der Waals surface area (Å²) in [6, 6.07) is 7.73. The average Bonchev–Trinajstić information content (AvgIpc) is 3.24. The minimum atomic E-state index is 0.537. The highest BCUT2D eigenvalue weighted by molar-refractivity contribution is 5.85. The van der Waals surface area contributed by atoms with Crippen molar-refractivity contribution in [1.29, 1.82) is 0 Å². The third kappa shape index (κ3) is 3.23. The molecule has 0 radical (unpaired) electrons. The summed E-state index contributed by atoms with van der Waals surface area (Å²) in [5.41, 5.74) is 4.04. The molecular weight excluding hydrogens is 298 g/mol. The van der Waals surface area contributed by atoms with Gasteiger partial charge in [0.15, 0.2) is 0 Å². The summed E-state index contributed by atoms with van der Waals surface area (Å²) in [6.07, 6.45) is 7.23. The fourth-order valence-corrected chi connectivity index (χ4v) is 4.55. The summed E-state index contributed by atoms with van der Waals surface area (Å²) in [5.74, 6) is 0.718. The molecule has 2 aliphatic rings. The number of rotatable bonds is 5. The molecule has 1 aliphatic heterocycles. The van der Waals surface area contributed by atoms with Gasteiger partial charge >= 0.3 is 0 Å². The van der Waals surface area contributed by atoms with Crippen molar-refractivity contribution in [2.24, 2.45) is 5.92 Å². The van der Waals surface area contributed by atoms with E-state index in [0.29, 0.717) is 12.1 Å². The third-order valence-corrected chi connectivity index (χ3v) is 5.85. The van der Waals surface area contributed by atoms with Crippen LogP contribution in [-0.4, -0.2) is 43.4 Å². The first-order valence-electron chi connectivity index (χ1n) is 9.43. The monoisotopic (exact) mass is 327 g/mol. The van der Waals surface area contributed by atoms with E-state index in [-0.39, 0.29) is 0 Å². The van der Waals surface area contributed by atoms with Gasteiger partial charge in [-0.05, 0) is 49.8 Å². The molecule has 4 rings (SSSR count). The molecule has 4 nitrogen and oxygen atoms in total. The Labute approximate surface area is 144 Å². The Morgan fingerprint density at radius 2 is 2.25 bits per heavy atom. The lowest BCUT2D eigenvalue weighted by Crippen LogP contribution is -2.51. The van der Waals surface area contributed by atoms with Crippen molar-refractivity contribution in [2.45, 2.75) is 44.7 Å². The lowest BCUT2D eigenvalue weighted by Gasteiger charge is -2.33. The van der Waals surface area contributed by atoms with E-state index in [9.17, 15) is 0 Å². The summed E-state index contributed by atoms with van der Waals surface area (Å²) in [5, 5.41) is 8.87. The maximum atomic E-state index is 5.67. The molecule has 2 fully saturated rings. The Morgan fingerprint density at radius 1 is 1.29 bits per heavy atom. The molecule has 24 heavy (non-hydrogen) atoms. The van der Waals surface area contributed by atoms with Gasteiger partial charge in [0.2, 0.25) is 0 Å². The number of aromatic amines is 1. The highest BCUT2D eigenvalue weighted by Crippen LogP contribution is 2.29. The zero-order chi connectivity index (χ0) is 16.4. The highest BCUT2D eigenvalue weighted by Gasteiger charge is 2.34. The van der Waals surface area contributed by atoms with E-state index in [4.69, 9.17) is 4.74 Å². The molecule has 3 atom stereocenters. The van der Waals surface area contributed by atoms with Gasteiger partial charge in [-0.25, -0.2) is 0 Å². The molecule has 1 aliphatic carbocycles. The van der Waals surface area contributed by atoms with Crippen LogP contribution in [0.2, 0.25) is 0 Å². The summed E-state index contributed by atoms with van der Waals surface area (Å²) in [6.45, 7) is 5.97. The molecule has 1 aromatic heterocycles. The fourth-order valence-electron chi connectivity index (χ4n) is 4.55. The number of aromatic nitrogens is 1. The fraction of sp³-hybridized carbons (Fsp3) is 0.600. The Morgan fingerprint density at radius 3 is 3.12 bits per heavy atom. The Bertz CT molecular complexity index is 675. The van der Waals surface area contributed by atoms with Crippen molar-refractivity contribution >= 4 is 10.9 Å². The number of hydrogen-bond donors (Lipinski definition) is 3. The summed E-state index contributed by atoms with van der Waals surface area (Å²) < 4.78 is 5.67. The molecule has 130 valence electrons. The van der Waals surface area contributed by atoms with Crippen molar-refractivity contribution < 1.29 is 4.74 Å². The van der Waals surface area contributed by atoms with E-state index >= 15 is 0 Å². The molecule has 3 unspecified atom stereocenters. The summed E-state index contributed by atoms with van der Waals surface area (Å²) >= 11 is 0. The molecule has 0 spiro atoms. The predicted octanol–water partition coefficient (Wildman–Crippen LogP) is 2.77. The first-order valence-corrected chi connectivity index (χ1v) is 9.43. The van der Waals surface area contributed by atoms with Crippen molar-refractivity contribution in [1.82, 2.24) is 15.6 Å². The molecular formula is C20H29N3O. The number of hydrogen-bond acceptors (Lipinski definition) is 3. The molecule has 0 bridgehead atoms. The molecule has 1 saturated carbocycles. The smallest absolute Gasteiger partial charge is 0.0623 e. The zero-order valence-electron chi connectivity index (χ0n) is 14.6. The zero-order valence-corrected chi connectivity index (χ0v) is 14.6. The van der Waals surface area contributed by atoms with Crippen LogP contribution in [-0.2, 0) is 11.2 Å². The number of H-pyrrole nitrogens is 1. The normalized spacial score (nSPS) is 27.8. The molecule has 1 saturated heterocycles. The van der Waals surface area contributed by atoms with Gasteiger partial charge in [-0.15, -0.1) is 0 Å². The van der Waals surface area contributed by atoms with Crippen molar-refractivity contribution in [3.8, 4) is 0 Å². The quantitative estimate of drug-likeness (QED) is 0.791. The topological polar surface area (TPSA) is 49.1 Å². The van der Waals surface area contributed by atoms with E-state index < -0.39 is 0 Å². The Balaban J connectivity index is 1.35. The standard InChI is InChI=1S/C20H29N3O/c1-14-4-2-5-16-15(12-23-20(14)16)8-9-21-18-7-3-6-17(18)19-13-24-11-10-22-19/h2,4-5,12,17-19,21-23H,3,6-11,13H2,1H3. The summed E-state index contributed by atoms with van der Waals surface area (Å²) in [4.78, 5) is 3.44. The van der Waals surface area contributed by atoms with Gasteiger partial charge in [0.25, 0.3) is 0 Å². The van der Waals surface area contributed by atoms with Crippen LogP contribution in [0.5, 0.6) is 0 Å². The van der Waals surface area contributed by atoms with E-state index in [1.165, 1.54) is 41.3 Å². The van der Waals surface area contributed by atoms with Gasteiger partial charge in [-0.1, -0.05) is 24.6 Å². The number of benzene rings is 1. The number of nitrogens with one attached hydrogen (secondary N) is 3.